The van der Waals surface area contributed by atoms with Crippen LogP contribution in [0.25, 0.3) is 0 Å². The van der Waals surface area contributed by atoms with Crippen LogP contribution in [0.5, 0.6) is 0 Å². The van der Waals surface area contributed by atoms with Crippen molar-refractivity contribution in [2.24, 2.45) is 0 Å². The van der Waals surface area contributed by atoms with Crippen molar-refractivity contribution in [3.63, 3.8) is 0 Å². The molecule has 0 unspecified atom stereocenters. The van der Waals surface area contributed by atoms with Crippen LogP contribution in [0.4, 0.5) is 5.69 Å². The third-order valence-corrected chi connectivity index (χ3v) is 4.09. The lowest BCUT2D eigenvalue weighted by Crippen LogP contribution is -2.25. The smallest absolute Gasteiger partial charge is 0.240 e. The van der Waals surface area contributed by atoms with Crippen molar-refractivity contribution in [3.8, 4) is 0 Å². The van der Waals surface area contributed by atoms with Crippen LogP contribution in [0.1, 0.15) is 18.4 Å². The molecule has 0 aliphatic rings. The topological polar surface area (TPSA) is 81.4 Å². The number of hydrogen-bond acceptors (Lipinski definition) is 4. The van der Waals surface area contributed by atoms with E-state index in [-0.39, 0.29) is 4.90 Å². The van der Waals surface area contributed by atoms with E-state index in [9.17, 15) is 8.42 Å². The summed E-state index contributed by atoms with van der Waals surface area (Å²) in [5.74, 6) is 0. The van der Waals surface area contributed by atoms with Crippen LogP contribution in [-0.4, -0.2) is 28.7 Å². The molecule has 0 aliphatic heterocycles. The molecule has 0 saturated carbocycles. The van der Waals surface area contributed by atoms with Gasteiger partial charge in [-0.1, -0.05) is 6.07 Å². The molecule has 0 atom stereocenters. The van der Waals surface area contributed by atoms with Crippen molar-refractivity contribution >= 4 is 15.7 Å². The number of hydrogen-bond donors (Lipinski definition) is 2. The van der Waals surface area contributed by atoms with Crippen LogP contribution >= 0.6 is 0 Å². The first-order chi connectivity index (χ1) is 8.47. The summed E-state index contributed by atoms with van der Waals surface area (Å²) in [6, 6.07) is 4.74. The number of methoxy groups -OCH3 is 1. The second kappa shape index (κ2) is 6.72. The van der Waals surface area contributed by atoms with E-state index < -0.39 is 10.0 Å². The molecular weight excluding hydrogens is 252 g/mol. The summed E-state index contributed by atoms with van der Waals surface area (Å²) >= 11 is 0. The minimum Gasteiger partial charge on any atom is -0.398 e. The van der Waals surface area contributed by atoms with Crippen molar-refractivity contribution in [1.82, 2.24) is 4.72 Å². The van der Waals surface area contributed by atoms with E-state index >= 15 is 0 Å². The van der Waals surface area contributed by atoms with E-state index in [4.69, 9.17) is 10.5 Å². The Bertz CT molecular complexity index is 486. The summed E-state index contributed by atoms with van der Waals surface area (Å²) in [4.78, 5) is 0.206. The molecule has 0 fully saturated rings. The number of ether oxygens (including phenoxy) is 1. The van der Waals surface area contributed by atoms with Gasteiger partial charge in [-0.3, -0.25) is 0 Å². The second-order valence-corrected chi connectivity index (χ2v) is 5.88. The average Bonchev–Trinajstić information content (AvgIpc) is 2.32. The number of aryl methyl sites for hydroxylation is 1. The lowest BCUT2D eigenvalue weighted by Gasteiger charge is -2.08. The van der Waals surface area contributed by atoms with E-state index in [1.54, 1.807) is 19.2 Å². The highest BCUT2D eigenvalue weighted by atomic mass is 32.2. The molecule has 1 aromatic carbocycles. The number of anilines is 1. The Morgan fingerprint density at radius 3 is 2.67 bits per heavy atom. The standard InChI is InChI=1S/C12H20N2O3S/c1-10-5-6-11(9-12(10)13)18(15,16)14-7-3-4-8-17-2/h5-6,9,14H,3-4,7-8,13H2,1-2H3. The van der Waals surface area contributed by atoms with Gasteiger partial charge in [-0.2, -0.15) is 0 Å². The molecule has 0 spiro atoms. The third-order valence-electron chi connectivity index (χ3n) is 2.63. The molecule has 102 valence electrons. The Kier molecular flexibility index (Phi) is 5.58. The third kappa shape index (κ3) is 4.29. The summed E-state index contributed by atoms with van der Waals surface area (Å²) < 4.78 is 31.3. The van der Waals surface area contributed by atoms with Gasteiger partial charge in [-0.25, -0.2) is 13.1 Å². The van der Waals surface area contributed by atoms with Crippen LogP contribution in [0.15, 0.2) is 23.1 Å². The first-order valence-electron chi connectivity index (χ1n) is 5.82. The molecule has 6 heteroatoms. The van der Waals surface area contributed by atoms with Crippen LogP contribution in [-0.2, 0) is 14.8 Å². The number of nitrogens with one attached hydrogen (secondary N) is 1. The first-order valence-corrected chi connectivity index (χ1v) is 7.30. The average molecular weight is 272 g/mol. The van der Waals surface area contributed by atoms with Crippen LogP contribution in [0.2, 0.25) is 0 Å². The number of sulfonamides is 1. The SMILES string of the molecule is COCCCCNS(=O)(=O)c1ccc(C)c(N)c1. The van der Waals surface area contributed by atoms with Gasteiger partial charge in [0.05, 0.1) is 4.90 Å². The lowest BCUT2D eigenvalue weighted by atomic mass is 10.2. The molecule has 0 bridgehead atoms. The molecule has 0 radical (unpaired) electrons. The van der Waals surface area contributed by atoms with Gasteiger partial charge in [0.25, 0.3) is 0 Å². The van der Waals surface area contributed by atoms with Crippen molar-refractivity contribution in [3.05, 3.63) is 23.8 Å². The molecule has 3 N–H and O–H groups in total. The molecule has 0 saturated heterocycles. The van der Waals surface area contributed by atoms with Gasteiger partial charge in [0, 0.05) is 25.9 Å². The zero-order chi connectivity index (χ0) is 13.6. The summed E-state index contributed by atoms with van der Waals surface area (Å²) in [6.45, 7) is 2.88. The zero-order valence-electron chi connectivity index (χ0n) is 10.8. The molecular formula is C12H20N2O3S. The monoisotopic (exact) mass is 272 g/mol. The minimum atomic E-state index is -3.46. The maximum Gasteiger partial charge on any atom is 0.240 e. The highest BCUT2D eigenvalue weighted by Gasteiger charge is 2.13. The van der Waals surface area contributed by atoms with Gasteiger partial charge in [-0.05, 0) is 37.5 Å². The fourth-order valence-corrected chi connectivity index (χ4v) is 2.56. The van der Waals surface area contributed by atoms with Gasteiger partial charge in [-0.15, -0.1) is 0 Å². The zero-order valence-corrected chi connectivity index (χ0v) is 11.6. The largest absolute Gasteiger partial charge is 0.398 e. The van der Waals surface area contributed by atoms with Gasteiger partial charge in [0.15, 0.2) is 0 Å². The fraction of sp³-hybridized carbons (Fsp3) is 0.500. The maximum absolute atomic E-state index is 11.9. The van der Waals surface area contributed by atoms with Gasteiger partial charge < -0.3 is 10.5 Å². The van der Waals surface area contributed by atoms with E-state index in [0.29, 0.717) is 18.8 Å². The van der Waals surface area contributed by atoms with Crippen LogP contribution in [0.3, 0.4) is 0 Å². The Balaban J connectivity index is 2.60. The summed E-state index contributed by atoms with van der Waals surface area (Å²) in [5.41, 5.74) is 7.06. The quantitative estimate of drug-likeness (QED) is 0.579. The maximum atomic E-state index is 11.9. The van der Waals surface area contributed by atoms with Gasteiger partial charge in [0.1, 0.15) is 0 Å². The number of unbranched alkanes of at least 4 members (excludes halogenated alkanes) is 1. The molecule has 0 heterocycles. The van der Waals surface area contributed by atoms with Crippen molar-refractivity contribution in [2.75, 3.05) is 26.0 Å². The summed E-state index contributed by atoms with van der Waals surface area (Å²) in [6.07, 6.45) is 1.57. The number of nitrogens with two attached hydrogens (primary N) is 1. The number of nitrogen functional groups attached to an aromatic ring is 1. The van der Waals surface area contributed by atoms with E-state index in [1.807, 2.05) is 6.92 Å². The van der Waals surface area contributed by atoms with Crippen molar-refractivity contribution in [2.45, 2.75) is 24.7 Å². The van der Waals surface area contributed by atoms with Crippen LogP contribution < -0.4 is 10.5 Å². The van der Waals surface area contributed by atoms with E-state index in [2.05, 4.69) is 4.72 Å². The Morgan fingerprint density at radius 1 is 1.33 bits per heavy atom. The molecule has 0 aromatic heterocycles. The molecule has 5 nitrogen and oxygen atoms in total. The lowest BCUT2D eigenvalue weighted by molar-refractivity contribution is 0.193. The second-order valence-electron chi connectivity index (χ2n) is 4.12. The van der Waals surface area contributed by atoms with E-state index in [0.717, 1.165) is 18.4 Å². The Hall–Kier alpha value is -1.11. The summed E-state index contributed by atoms with van der Waals surface area (Å²) in [7, 11) is -1.83. The fourth-order valence-electron chi connectivity index (χ4n) is 1.45. The number of rotatable bonds is 7. The number of benzene rings is 1. The predicted molar refractivity (Wildman–Crippen MR) is 71.9 cm³/mol. The highest BCUT2D eigenvalue weighted by Crippen LogP contribution is 2.16. The Morgan fingerprint density at radius 2 is 2.06 bits per heavy atom. The summed E-state index contributed by atoms with van der Waals surface area (Å²) in [5, 5.41) is 0. The van der Waals surface area contributed by atoms with Crippen molar-refractivity contribution in [1.29, 1.82) is 0 Å². The van der Waals surface area contributed by atoms with Crippen LogP contribution in [0, 0.1) is 6.92 Å². The van der Waals surface area contributed by atoms with Crippen molar-refractivity contribution < 1.29 is 13.2 Å². The minimum absolute atomic E-state index is 0.206. The molecule has 0 amide bonds. The highest BCUT2D eigenvalue weighted by molar-refractivity contribution is 7.89. The molecule has 18 heavy (non-hydrogen) atoms. The van der Waals surface area contributed by atoms with Gasteiger partial charge in [0.2, 0.25) is 10.0 Å². The van der Waals surface area contributed by atoms with Gasteiger partial charge >= 0.3 is 0 Å². The molecule has 1 rings (SSSR count). The van der Waals surface area contributed by atoms with E-state index in [1.165, 1.54) is 6.07 Å². The molecule has 0 aliphatic carbocycles. The normalized spacial score (nSPS) is 11.7. The molecule has 1 aromatic rings. The first kappa shape index (κ1) is 14.9. The predicted octanol–water partition coefficient (Wildman–Crippen LogP) is 1.28. The Labute approximate surface area is 108 Å².